The number of para-hydroxylation sites is 1. The lowest BCUT2D eigenvalue weighted by Gasteiger charge is -2.23. The normalized spacial score (nSPS) is 13.5. The Bertz CT molecular complexity index is 441. The molecule has 1 rings (SSSR count). The Morgan fingerprint density at radius 3 is 2.85 bits per heavy atom. The van der Waals surface area contributed by atoms with Crippen LogP contribution in [0.5, 0.6) is 5.75 Å². The van der Waals surface area contributed by atoms with E-state index in [1.165, 1.54) is 0 Å². The van der Waals surface area contributed by atoms with Crippen molar-refractivity contribution in [2.75, 3.05) is 26.9 Å². The molecule has 0 heterocycles. The highest BCUT2D eigenvalue weighted by molar-refractivity contribution is 5.33. The summed E-state index contributed by atoms with van der Waals surface area (Å²) in [5, 5.41) is 21.9. The van der Waals surface area contributed by atoms with E-state index in [2.05, 4.69) is 5.32 Å². The minimum absolute atomic E-state index is 0.0303. The Morgan fingerprint density at radius 2 is 2.15 bits per heavy atom. The van der Waals surface area contributed by atoms with Crippen LogP contribution in [0.1, 0.15) is 18.9 Å². The summed E-state index contributed by atoms with van der Waals surface area (Å²) >= 11 is 0. The summed E-state index contributed by atoms with van der Waals surface area (Å²) in [6.07, 6.45) is 0.572. The van der Waals surface area contributed by atoms with Crippen LogP contribution in [-0.4, -0.2) is 37.6 Å². The molecule has 1 unspecified atom stereocenters. The molecule has 0 amide bonds. The van der Waals surface area contributed by atoms with Gasteiger partial charge < -0.3 is 19.9 Å². The molecule has 20 heavy (non-hydrogen) atoms. The van der Waals surface area contributed by atoms with Gasteiger partial charge in [-0.25, -0.2) is 0 Å². The number of aliphatic hydroxyl groups is 1. The van der Waals surface area contributed by atoms with Gasteiger partial charge in [0.15, 0.2) is 6.61 Å². The fourth-order valence-electron chi connectivity index (χ4n) is 1.78. The average Bonchev–Trinajstić information content (AvgIpc) is 2.44. The second kappa shape index (κ2) is 8.54. The summed E-state index contributed by atoms with van der Waals surface area (Å²) in [5.41, 5.74) is 0.156. The van der Waals surface area contributed by atoms with Crippen molar-refractivity contribution in [3.63, 3.8) is 0 Å². The number of ether oxygens (including phenoxy) is 2. The molecule has 110 valence electrons. The Kier molecular flexibility index (Phi) is 7.02. The molecule has 0 saturated heterocycles. The van der Waals surface area contributed by atoms with Gasteiger partial charge in [0.05, 0.1) is 5.60 Å². The Balaban J connectivity index is 2.47. The second-order valence-corrected chi connectivity index (χ2v) is 4.90. The summed E-state index contributed by atoms with van der Waals surface area (Å²) in [6, 6.07) is 9.50. The van der Waals surface area contributed by atoms with Crippen LogP contribution in [0.2, 0.25) is 0 Å². The summed E-state index contributed by atoms with van der Waals surface area (Å²) in [4.78, 5) is 0. The predicted molar refractivity (Wildman–Crippen MR) is 76.4 cm³/mol. The van der Waals surface area contributed by atoms with Crippen LogP contribution in [0.25, 0.3) is 0 Å². The molecule has 0 bridgehead atoms. The van der Waals surface area contributed by atoms with E-state index in [9.17, 15) is 5.11 Å². The Morgan fingerprint density at radius 1 is 1.40 bits per heavy atom. The van der Waals surface area contributed by atoms with Gasteiger partial charge in [0.25, 0.3) is 0 Å². The van der Waals surface area contributed by atoms with E-state index in [0.717, 1.165) is 5.56 Å². The van der Waals surface area contributed by atoms with Crippen LogP contribution in [0.15, 0.2) is 24.3 Å². The number of hydrogen-bond donors (Lipinski definition) is 2. The first kappa shape index (κ1) is 16.4. The zero-order chi connectivity index (χ0) is 14.8. The van der Waals surface area contributed by atoms with Gasteiger partial charge in [-0.1, -0.05) is 18.2 Å². The van der Waals surface area contributed by atoms with Gasteiger partial charge in [-0.3, -0.25) is 0 Å². The van der Waals surface area contributed by atoms with Crippen molar-refractivity contribution in [1.29, 1.82) is 5.26 Å². The van der Waals surface area contributed by atoms with Gasteiger partial charge in [0.1, 0.15) is 11.8 Å². The molecule has 0 aliphatic rings. The Labute approximate surface area is 120 Å². The van der Waals surface area contributed by atoms with Crippen LogP contribution >= 0.6 is 0 Å². The predicted octanol–water partition coefficient (Wildman–Crippen LogP) is 1.47. The highest BCUT2D eigenvalue weighted by Gasteiger charge is 2.19. The maximum Gasteiger partial charge on any atom is 0.174 e. The van der Waals surface area contributed by atoms with Crippen LogP contribution in [0, 0.1) is 11.3 Å². The largest absolute Gasteiger partial charge is 0.478 e. The van der Waals surface area contributed by atoms with Crippen molar-refractivity contribution in [2.24, 2.45) is 0 Å². The fraction of sp³-hybridized carbons (Fsp3) is 0.533. The minimum Gasteiger partial charge on any atom is -0.478 e. The smallest absolute Gasteiger partial charge is 0.174 e. The maximum atomic E-state index is 10.1. The molecule has 0 aliphatic carbocycles. The van der Waals surface area contributed by atoms with Crippen molar-refractivity contribution >= 4 is 0 Å². The van der Waals surface area contributed by atoms with Gasteiger partial charge in [0.2, 0.25) is 0 Å². The lowest BCUT2D eigenvalue weighted by molar-refractivity contribution is 0.0247. The zero-order valence-electron chi connectivity index (χ0n) is 12.1. The van der Waals surface area contributed by atoms with E-state index < -0.39 is 5.60 Å². The van der Waals surface area contributed by atoms with Crippen LogP contribution in [0.3, 0.4) is 0 Å². The standard InChI is InChI=1S/C15H22N2O3/c1-15(18,7-9-19-2)12-17-11-13-5-3-4-6-14(13)20-10-8-16/h3-6,17-18H,7,9-12H2,1-2H3. The number of rotatable bonds is 9. The third-order valence-electron chi connectivity index (χ3n) is 2.93. The van der Waals surface area contributed by atoms with E-state index in [0.29, 0.717) is 31.9 Å². The van der Waals surface area contributed by atoms with Gasteiger partial charge in [-0.2, -0.15) is 5.26 Å². The van der Waals surface area contributed by atoms with Crippen LogP contribution < -0.4 is 10.1 Å². The minimum atomic E-state index is -0.807. The van der Waals surface area contributed by atoms with E-state index in [1.54, 1.807) is 14.0 Å². The number of benzene rings is 1. The number of nitriles is 1. The Hall–Kier alpha value is -1.61. The van der Waals surface area contributed by atoms with Crippen molar-refractivity contribution < 1.29 is 14.6 Å². The third-order valence-corrected chi connectivity index (χ3v) is 2.93. The van der Waals surface area contributed by atoms with Gasteiger partial charge in [0, 0.05) is 38.8 Å². The molecule has 0 saturated carbocycles. The molecule has 1 aromatic carbocycles. The summed E-state index contributed by atoms with van der Waals surface area (Å²) in [7, 11) is 1.62. The zero-order valence-corrected chi connectivity index (χ0v) is 12.1. The molecule has 2 N–H and O–H groups in total. The monoisotopic (exact) mass is 278 g/mol. The first-order valence-corrected chi connectivity index (χ1v) is 6.59. The van der Waals surface area contributed by atoms with Crippen LogP contribution in [0.4, 0.5) is 0 Å². The van der Waals surface area contributed by atoms with Crippen molar-refractivity contribution in [2.45, 2.75) is 25.5 Å². The summed E-state index contributed by atoms with van der Waals surface area (Å²) < 4.78 is 10.3. The van der Waals surface area contributed by atoms with Crippen molar-refractivity contribution in [3.8, 4) is 11.8 Å². The molecule has 1 atom stereocenters. The third kappa shape index (κ3) is 6.02. The average molecular weight is 278 g/mol. The molecular formula is C15H22N2O3. The summed E-state index contributed by atoms with van der Waals surface area (Å²) in [6.45, 7) is 3.36. The molecule has 0 spiro atoms. The SMILES string of the molecule is COCCC(C)(O)CNCc1ccccc1OCC#N. The number of nitrogens with zero attached hydrogens (tertiary/aromatic N) is 1. The maximum absolute atomic E-state index is 10.1. The van der Waals surface area contributed by atoms with E-state index in [1.807, 2.05) is 30.3 Å². The van der Waals surface area contributed by atoms with Gasteiger partial charge in [-0.15, -0.1) is 0 Å². The highest BCUT2D eigenvalue weighted by Crippen LogP contribution is 2.18. The first-order valence-electron chi connectivity index (χ1n) is 6.59. The quantitative estimate of drug-likeness (QED) is 0.715. The van der Waals surface area contributed by atoms with Crippen molar-refractivity contribution in [1.82, 2.24) is 5.32 Å². The fourth-order valence-corrected chi connectivity index (χ4v) is 1.78. The lowest BCUT2D eigenvalue weighted by atomic mass is 10.0. The van der Waals surface area contributed by atoms with Gasteiger partial charge in [-0.05, 0) is 13.0 Å². The molecule has 5 nitrogen and oxygen atoms in total. The molecule has 0 aliphatic heterocycles. The molecule has 5 heteroatoms. The molecule has 0 radical (unpaired) electrons. The highest BCUT2D eigenvalue weighted by atomic mass is 16.5. The van der Waals surface area contributed by atoms with Gasteiger partial charge >= 0.3 is 0 Å². The molecule has 1 aromatic rings. The van der Waals surface area contributed by atoms with E-state index in [-0.39, 0.29) is 6.61 Å². The van der Waals surface area contributed by atoms with E-state index >= 15 is 0 Å². The first-order chi connectivity index (χ1) is 9.59. The molecular weight excluding hydrogens is 256 g/mol. The van der Waals surface area contributed by atoms with Crippen LogP contribution in [-0.2, 0) is 11.3 Å². The second-order valence-electron chi connectivity index (χ2n) is 4.90. The number of hydrogen-bond acceptors (Lipinski definition) is 5. The van der Waals surface area contributed by atoms with Crippen molar-refractivity contribution in [3.05, 3.63) is 29.8 Å². The summed E-state index contributed by atoms with van der Waals surface area (Å²) in [5.74, 6) is 0.693. The number of methoxy groups -OCH3 is 1. The topological polar surface area (TPSA) is 74.5 Å². The van der Waals surface area contributed by atoms with E-state index in [4.69, 9.17) is 14.7 Å². The lowest BCUT2D eigenvalue weighted by Crippen LogP contribution is -2.38. The molecule has 0 fully saturated rings. The number of nitrogens with one attached hydrogen (secondary N) is 1. The molecule has 0 aromatic heterocycles.